The van der Waals surface area contributed by atoms with E-state index >= 15 is 0 Å². The zero-order chi connectivity index (χ0) is 20.4. The second-order valence-electron chi connectivity index (χ2n) is 5.88. The van der Waals surface area contributed by atoms with Gasteiger partial charge in [-0.3, -0.25) is 4.72 Å². The normalized spacial score (nSPS) is 11.9. The van der Waals surface area contributed by atoms with Gasteiger partial charge < -0.3 is 4.74 Å². The SMILES string of the molecule is COc1cc(-c2ccccc2NS(=O)(=O)c2ccccc2)ccc1C(F)(F)F. The van der Waals surface area contributed by atoms with E-state index < -0.39 is 21.8 Å². The number of rotatable bonds is 5. The van der Waals surface area contributed by atoms with Crippen LogP contribution in [0.5, 0.6) is 5.75 Å². The van der Waals surface area contributed by atoms with Crippen molar-refractivity contribution in [2.75, 3.05) is 11.8 Å². The monoisotopic (exact) mass is 407 g/mol. The maximum Gasteiger partial charge on any atom is 0.419 e. The highest BCUT2D eigenvalue weighted by atomic mass is 32.2. The molecule has 0 bridgehead atoms. The first-order valence-electron chi connectivity index (χ1n) is 8.15. The zero-order valence-electron chi connectivity index (χ0n) is 14.7. The van der Waals surface area contributed by atoms with Crippen molar-refractivity contribution >= 4 is 15.7 Å². The summed E-state index contributed by atoms with van der Waals surface area (Å²) in [4.78, 5) is 0.0785. The maximum absolute atomic E-state index is 13.1. The van der Waals surface area contributed by atoms with Gasteiger partial charge >= 0.3 is 6.18 Å². The highest BCUT2D eigenvalue weighted by Gasteiger charge is 2.34. The maximum atomic E-state index is 13.1. The lowest BCUT2D eigenvalue weighted by atomic mass is 10.0. The van der Waals surface area contributed by atoms with E-state index in [0.717, 1.165) is 13.2 Å². The Kier molecular flexibility index (Phi) is 5.33. The van der Waals surface area contributed by atoms with E-state index in [4.69, 9.17) is 4.74 Å². The summed E-state index contributed by atoms with van der Waals surface area (Å²) in [6, 6.07) is 17.7. The lowest BCUT2D eigenvalue weighted by Crippen LogP contribution is -2.13. The minimum absolute atomic E-state index is 0.0785. The molecule has 0 spiro atoms. The summed E-state index contributed by atoms with van der Waals surface area (Å²) in [5.74, 6) is -0.342. The minimum Gasteiger partial charge on any atom is -0.496 e. The van der Waals surface area contributed by atoms with Crippen molar-refractivity contribution in [1.29, 1.82) is 0 Å². The smallest absolute Gasteiger partial charge is 0.419 e. The van der Waals surface area contributed by atoms with Gasteiger partial charge in [-0.15, -0.1) is 0 Å². The highest BCUT2D eigenvalue weighted by Crippen LogP contribution is 2.39. The molecule has 28 heavy (non-hydrogen) atoms. The largest absolute Gasteiger partial charge is 0.496 e. The van der Waals surface area contributed by atoms with Crippen LogP contribution >= 0.6 is 0 Å². The van der Waals surface area contributed by atoms with Gasteiger partial charge in [0.2, 0.25) is 0 Å². The molecule has 0 aliphatic heterocycles. The molecule has 4 nitrogen and oxygen atoms in total. The van der Waals surface area contributed by atoms with Crippen LogP contribution in [-0.2, 0) is 16.2 Å². The first kappa shape index (κ1) is 19.8. The van der Waals surface area contributed by atoms with Gasteiger partial charge in [0.1, 0.15) is 5.75 Å². The van der Waals surface area contributed by atoms with Crippen LogP contribution in [0, 0.1) is 0 Å². The number of nitrogens with one attached hydrogen (secondary N) is 1. The molecule has 0 aliphatic carbocycles. The molecule has 0 saturated heterocycles. The van der Waals surface area contributed by atoms with Crippen molar-refractivity contribution in [2.24, 2.45) is 0 Å². The number of hydrogen-bond acceptors (Lipinski definition) is 3. The van der Waals surface area contributed by atoms with E-state index in [1.807, 2.05) is 0 Å². The van der Waals surface area contributed by atoms with Crippen LogP contribution in [0.15, 0.2) is 77.7 Å². The van der Waals surface area contributed by atoms with E-state index in [2.05, 4.69) is 4.72 Å². The second-order valence-corrected chi connectivity index (χ2v) is 7.56. The van der Waals surface area contributed by atoms with Crippen molar-refractivity contribution in [3.8, 4) is 16.9 Å². The Balaban J connectivity index is 2.04. The van der Waals surface area contributed by atoms with E-state index in [9.17, 15) is 21.6 Å². The van der Waals surface area contributed by atoms with Crippen molar-refractivity contribution < 1.29 is 26.3 Å². The summed E-state index contributed by atoms with van der Waals surface area (Å²) in [7, 11) is -2.70. The number of sulfonamides is 1. The Morgan fingerprint density at radius 2 is 1.54 bits per heavy atom. The summed E-state index contributed by atoms with van der Waals surface area (Å²) in [6.07, 6.45) is -4.56. The van der Waals surface area contributed by atoms with Crippen molar-refractivity contribution in [3.63, 3.8) is 0 Å². The Morgan fingerprint density at radius 3 is 2.18 bits per heavy atom. The molecule has 146 valence electrons. The quantitative estimate of drug-likeness (QED) is 0.634. The summed E-state index contributed by atoms with van der Waals surface area (Å²) >= 11 is 0. The third kappa shape index (κ3) is 4.12. The predicted octanol–water partition coefficient (Wildman–Crippen LogP) is 5.18. The fourth-order valence-corrected chi connectivity index (χ4v) is 3.82. The van der Waals surface area contributed by atoms with Gasteiger partial charge in [0.05, 0.1) is 23.3 Å². The molecule has 3 aromatic rings. The molecule has 0 unspecified atom stereocenters. The van der Waals surface area contributed by atoms with E-state index in [-0.39, 0.29) is 16.3 Å². The third-order valence-corrected chi connectivity index (χ3v) is 5.42. The van der Waals surface area contributed by atoms with Crippen molar-refractivity contribution in [2.45, 2.75) is 11.1 Å². The molecule has 0 atom stereocenters. The molecular formula is C20H16F3NO3S. The Bertz CT molecular complexity index is 1080. The van der Waals surface area contributed by atoms with Crippen molar-refractivity contribution in [1.82, 2.24) is 0 Å². The summed E-state index contributed by atoms with van der Waals surface area (Å²) in [5.41, 5.74) is 0.152. The zero-order valence-corrected chi connectivity index (χ0v) is 15.5. The number of halogens is 3. The van der Waals surface area contributed by atoms with Gasteiger partial charge in [0.25, 0.3) is 10.0 Å². The number of hydrogen-bond donors (Lipinski definition) is 1. The second kappa shape index (κ2) is 7.55. The van der Waals surface area contributed by atoms with E-state index in [1.165, 1.54) is 24.3 Å². The molecule has 0 fully saturated rings. The lowest BCUT2D eigenvalue weighted by molar-refractivity contribution is -0.138. The Morgan fingerprint density at radius 1 is 0.893 bits per heavy atom. The van der Waals surface area contributed by atoms with Crippen LogP contribution in [0.4, 0.5) is 18.9 Å². The number of methoxy groups -OCH3 is 1. The predicted molar refractivity (Wildman–Crippen MR) is 101 cm³/mol. The molecule has 0 aromatic heterocycles. The topological polar surface area (TPSA) is 55.4 Å². The van der Waals surface area contributed by atoms with Gasteiger partial charge in [-0.05, 0) is 35.9 Å². The van der Waals surface area contributed by atoms with Gasteiger partial charge in [0.15, 0.2) is 0 Å². The summed E-state index contributed by atoms with van der Waals surface area (Å²) < 4.78 is 71.9. The number of ether oxygens (including phenoxy) is 1. The molecule has 3 aromatic carbocycles. The molecule has 8 heteroatoms. The Labute approximate surface area is 160 Å². The average molecular weight is 407 g/mol. The molecule has 0 aliphatic rings. The number of para-hydroxylation sites is 1. The standard InChI is InChI=1S/C20H16F3NO3S/c1-27-19-13-14(11-12-17(19)20(21,22)23)16-9-5-6-10-18(16)24-28(25,26)15-7-3-2-4-8-15/h2-13,24H,1H3. The molecule has 0 heterocycles. The lowest BCUT2D eigenvalue weighted by Gasteiger charge is -2.16. The van der Waals surface area contributed by atoms with Crippen LogP contribution in [0.25, 0.3) is 11.1 Å². The number of alkyl halides is 3. The van der Waals surface area contributed by atoms with Crippen LogP contribution in [0.1, 0.15) is 5.56 Å². The Hall–Kier alpha value is -3.00. The molecule has 0 saturated carbocycles. The van der Waals surface area contributed by atoms with Gasteiger partial charge in [-0.1, -0.05) is 42.5 Å². The van der Waals surface area contributed by atoms with Crippen LogP contribution in [0.2, 0.25) is 0 Å². The average Bonchev–Trinajstić information content (AvgIpc) is 2.67. The fourth-order valence-electron chi connectivity index (χ4n) is 2.72. The number of benzene rings is 3. The molecule has 3 rings (SSSR count). The molecule has 1 N–H and O–H groups in total. The number of anilines is 1. The minimum atomic E-state index is -4.56. The van der Waals surface area contributed by atoms with E-state index in [0.29, 0.717) is 11.1 Å². The van der Waals surface area contributed by atoms with Gasteiger partial charge in [0, 0.05) is 5.56 Å². The van der Waals surface area contributed by atoms with Gasteiger partial charge in [-0.2, -0.15) is 13.2 Å². The fraction of sp³-hybridized carbons (Fsp3) is 0.100. The first-order valence-corrected chi connectivity index (χ1v) is 9.63. The molecule has 0 amide bonds. The summed E-state index contributed by atoms with van der Waals surface area (Å²) in [6.45, 7) is 0. The van der Waals surface area contributed by atoms with Gasteiger partial charge in [-0.25, -0.2) is 8.42 Å². The molecule has 0 radical (unpaired) electrons. The molecular weight excluding hydrogens is 391 g/mol. The van der Waals surface area contributed by atoms with E-state index in [1.54, 1.807) is 42.5 Å². The van der Waals surface area contributed by atoms with Crippen LogP contribution in [0.3, 0.4) is 0 Å². The van der Waals surface area contributed by atoms with Crippen LogP contribution in [-0.4, -0.2) is 15.5 Å². The van der Waals surface area contributed by atoms with Crippen LogP contribution < -0.4 is 9.46 Å². The summed E-state index contributed by atoms with van der Waals surface area (Å²) in [5, 5.41) is 0. The van der Waals surface area contributed by atoms with Crippen molar-refractivity contribution in [3.05, 3.63) is 78.4 Å². The highest BCUT2D eigenvalue weighted by molar-refractivity contribution is 7.92. The third-order valence-electron chi connectivity index (χ3n) is 4.04. The first-order chi connectivity index (χ1) is 13.2.